The predicted octanol–water partition coefficient (Wildman–Crippen LogP) is 3.88. The number of benzene rings is 2. The Morgan fingerprint density at radius 1 is 1.19 bits per heavy atom. The fraction of sp³-hybridized carbons (Fsp3) is 0.188. The van der Waals surface area contributed by atoms with Crippen LogP contribution < -0.4 is 9.64 Å². The zero-order valence-electron chi connectivity index (χ0n) is 12.2. The van der Waals surface area contributed by atoms with Crippen molar-refractivity contribution in [3.63, 3.8) is 0 Å². The third kappa shape index (κ3) is 3.13. The van der Waals surface area contributed by atoms with Gasteiger partial charge in [-0.15, -0.1) is 11.8 Å². The first-order valence-electron chi connectivity index (χ1n) is 6.36. The van der Waals surface area contributed by atoms with Crippen LogP contribution in [0.25, 0.3) is 0 Å². The summed E-state index contributed by atoms with van der Waals surface area (Å²) >= 11 is 1.43. The number of rotatable bonds is 5. The number of carboxylic acids is 1. The zero-order valence-corrected chi connectivity index (χ0v) is 13.0. The van der Waals surface area contributed by atoms with Gasteiger partial charge in [-0.1, -0.05) is 6.07 Å². The Morgan fingerprint density at radius 2 is 1.86 bits per heavy atom. The number of ether oxygens (including phenoxy) is 1. The molecule has 0 radical (unpaired) electrons. The summed E-state index contributed by atoms with van der Waals surface area (Å²) in [6, 6.07) is 13.0. The summed E-state index contributed by atoms with van der Waals surface area (Å²) in [6.07, 6.45) is 1.87. The van der Waals surface area contributed by atoms with E-state index in [9.17, 15) is 9.90 Å². The Hall–Kier alpha value is -2.14. The minimum absolute atomic E-state index is 0.323. The lowest BCUT2D eigenvalue weighted by molar-refractivity contribution is 0.0694. The Balaban J connectivity index is 2.46. The van der Waals surface area contributed by atoms with Crippen molar-refractivity contribution >= 4 is 29.1 Å². The first kappa shape index (κ1) is 15.3. The average molecular weight is 303 g/mol. The van der Waals surface area contributed by atoms with Crippen LogP contribution in [0, 0.1) is 0 Å². The summed E-state index contributed by atoms with van der Waals surface area (Å²) in [6.45, 7) is 0. The molecule has 0 unspecified atom stereocenters. The average Bonchev–Trinajstić information content (AvgIpc) is 2.53. The number of hydrogen-bond donors (Lipinski definition) is 1. The number of methoxy groups -OCH3 is 1. The van der Waals surface area contributed by atoms with E-state index in [0.29, 0.717) is 11.3 Å². The molecule has 0 bridgehead atoms. The van der Waals surface area contributed by atoms with Crippen LogP contribution in [0.15, 0.2) is 47.4 Å². The molecule has 0 saturated heterocycles. The van der Waals surface area contributed by atoms with Crippen LogP contribution in [-0.4, -0.2) is 31.5 Å². The largest absolute Gasteiger partial charge is 0.497 e. The van der Waals surface area contributed by atoms with E-state index in [1.165, 1.54) is 11.8 Å². The van der Waals surface area contributed by atoms with E-state index in [1.54, 1.807) is 7.11 Å². The molecule has 21 heavy (non-hydrogen) atoms. The molecule has 0 aliphatic carbocycles. The molecule has 0 atom stereocenters. The summed E-state index contributed by atoms with van der Waals surface area (Å²) in [5, 5.41) is 9.50. The quantitative estimate of drug-likeness (QED) is 0.849. The van der Waals surface area contributed by atoms with Crippen molar-refractivity contribution in [1.82, 2.24) is 0 Å². The number of nitrogens with zero attached hydrogens (tertiary/aromatic N) is 1. The van der Waals surface area contributed by atoms with Crippen molar-refractivity contribution < 1.29 is 14.6 Å². The Kier molecular flexibility index (Phi) is 4.75. The minimum atomic E-state index is -0.921. The number of aromatic carboxylic acids is 1. The highest BCUT2D eigenvalue weighted by Crippen LogP contribution is 2.33. The third-order valence-corrected chi connectivity index (χ3v) is 4.04. The van der Waals surface area contributed by atoms with Gasteiger partial charge in [0.25, 0.3) is 0 Å². The summed E-state index contributed by atoms with van der Waals surface area (Å²) < 4.78 is 5.14. The molecule has 0 heterocycles. The Bertz CT molecular complexity index is 640. The molecule has 0 fully saturated rings. The fourth-order valence-electron chi connectivity index (χ4n) is 2.13. The number of carbonyl (C=O) groups is 1. The molecule has 110 valence electrons. The molecule has 4 nitrogen and oxygen atoms in total. The van der Waals surface area contributed by atoms with E-state index in [2.05, 4.69) is 0 Å². The molecule has 0 amide bonds. The molecule has 0 spiro atoms. The van der Waals surface area contributed by atoms with E-state index in [1.807, 2.05) is 60.7 Å². The van der Waals surface area contributed by atoms with Crippen molar-refractivity contribution in [3.8, 4) is 5.75 Å². The molecule has 5 heteroatoms. The van der Waals surface area contributed by atoms with E-state index in [-0.39, 0.29) is 0 Å². The summed E-state index contributed by atoms with van der Waals surface area (Å²) in [7, 11) is 3.47. The van der Waals surface area contributed by atoms with Crippen LogP contribution in [0.3, 0.4) is 0 Å². The van der Waals surface area contributed by atoms with Gasteiger partial charge >= 0.3 is 5.97 Å². The molecular formula is C16H17NO3S. The molecule has 0 aliphatic heterocycles. The molecular weight excluding hydrogens is 286 g/mol. The van der Waals surface area contributed by atoms with Gasteiger partial charge in [0.05, 0.1) is 18.4 Å². The summed E-state index contributed by atoms with van der Waals surface area (Å²) in [5.41, 5.74) is 1.89. The van der Waals surface area contributed by atoms with E-state index < -0.39 is 5.97 Å². The lowest BCUT2D eigenvalue weighted by atomic mass is 10.1. The predicted molar refractivity (Wildman–Crippen MR) is 86.2 cm³/mol. The SMILES string of the molecule is COc1ccc(N(C)c2cccc(SC)c2C(=O)O)cc1. The molecule has 0 aromatic heterocycles. The molecule has 2 rings (SSSR count). The third-order valence-electron chi connectivity index (χ3n) is 3.26. The molecule has 0 saturated carbocycles. The first-order chi connectivity index (χ1) is 10.1. The second-order valence-corrected chi connectivity index (χ2v) is 5.26. The van der Waals surface area contributed by atoms with E-state index in [4.69, 9.17) is 4.74 Å². The summed E-state index contributed by atoms with van der Waals surface area (Å²) in [5.74, 6) is -0.154. The van der Waals surface area contributed by atoms with Crippen LogP contribution in [0.5, 0.6) is 5.75 Å². The second-order valence-electron chi connectivity index (χ2n) is 4.42. The maximum Gasteiger partial charge on any atom is 0.338 e. The van der Waals surface area contributed by atoms with Crippen molar-refractivity contribution in [2.24, 2.45) is 0 Å². The van der Waals surface area contributed by atoms with Gasteiger partial charge in [-0.05, 0) is 42.7 Å². The Labute approximate surface area is 128 Å². The zero-order chi connectivity index (χ0) is 15.4. The van der Waals surface area contributed by atoms with Crippen LogP contribution in [0.1, 0.15) is 10.4 Å². The van der Waals surface area contributed by atoms with E-state index in [0.717, 1.165) is 16.3 Å². The monoisotopic (exact) mass is 303 g/mol. The number of hydrogen-bond acceptors (Lipinski definition) is 4. The first-order valence-corrected chi connectivity index (χ1v) is 7.59. The van der Waals surface area contributed by atoms with Gasteiger partial charge in [-0.3, -0.25) is 0 Å². The van der Waals surface area contributed by atoms with Gasteiger partial charge in [0.1, 0.15) is 5.75 Å². The molecule has 2 aromatic carbocycles. The number of thioether (sulfide) groups is 1. The molecule has 0 aliphatic rings. The van der Waals surface area contributed by atoms with Gasteiger partial charge in [0.15, 0.2) is 0 Å². The molecule has 1 N–H and O–H groups in total. The van der Waals surface area contributed by atoms with Crippen LogP contribution in [-0.2, 0) is 0 Å². The lowest BCUT2D eigenvalue weighted by Gasteiger charge is -2.22. The highest BCUT2D eigenvalue weighted by atomic mass is 32.2. The normalized spacial score (nSPS) is 10.2. The highest BCUT2D eigenvalue weighted by molar-refractivity contribution is 7.98. The second kappa shape index (κ2) is 6.54. The van der Waals surface area contributed by atoms with Gasteiger partial charge in [-0.2, -0.15) is 0 Å². The van der Waals surface area contributed by atoms with Gasteiger partial charge in [0, 0.05) is 17.6 Å². The van der Waals surface area contributed by atoms with Crippen molar-refractivity contribution in [3.05, 3.63) is 48.0 Å². The Morgan fingerprint density at radius 3 is 2.38 bits per heavy atom. The number of carboxylic acid groups (broad SMARTS) is 1. The van der Waals surface area contributed by atoms with Crippen LogP contribution >= 0.6 is 11.8 Å². The van der Waals surface area contributed by atoms with Crippen LogP contribution in [0.2, 0.25) is 0 Å². The van der Waals surface area contributed by atoms with Gasteiger partial charge in [-0.25, -0.2) is 4.79 Å². The number of anilines is 2. The fourth-order valence-corrected chi connectivity index (χ4v) is 2.74. The lowest BCUT2D eigenvalue weighted by Crippen LogP contribution is -2.14. The highest BCUT2D eigenvalue weighted by Gasteiger charge is 2.18. The minimum Gasteiger partial charge on any atom is -0.497 e. The maximum atomic E-state index is 11.6. The smallest absolute Gasteiger partial charge is 0.338 e. The maximum absolute atomic E-state index is 11.6. The van der Waals surface area contributed by atoms with Crippen molar-refractivity contribution in [2.45, 2.75) is 4.90 Å². The standard InChI is InChI=1S/C16H17NO3S/c1-17(11-7-9-12(20-2)10-8-11)13-5-4-6-14(21-3)15(13)16(18)19/h4-10H,1-3H3,(H,18,19). The topological polar surface area (TPSA) is 49.8 Å². The van der Waals surface area contributed by atoms with Crippen molar-refractivity contribution in [1.29, 1.82) is 0 Å². The van der Waals surface area contributed by atoms with Gasteiger partial charge < -0.3 is 14.7 Å². The molecule has 2 aromatic rings. The van der Waals surface area contributed by atoms with E-state index >= 15 is 0 Å². The van der Waals surface area contributed by atoms with Gasteiger partial charge in [0.2, 0.25) is 0 Å². The van der Waals surface area contributed by atoms with Crippen molar-refractivity contribution in [2.75, 3.05) is 25.3 Å². The van der Waals surface area contributed by atoms with Crippen LogP contribution in [0.4, 0.5) is 11.4 Å². The summed E-state index contributed by atoms with van der Waals surface area (Å²) in [4.78, 5) is 14.2.